The molecule has 2 aromatic rings. The third kappa shape index (κ3) is 2.57. The van der Waals surface area contributed by atoms with E-state index in [0.29, 0.717) is 13.2 Å². The molecule has 0 N–H and O–H groups in total. The largest absolute Gasteiger partial charge is 0.487 e. The topological polar surface area (TPSA) is 32.8 Å². The van der Waals surface area contributed by atoms with Crippen molar-refractivity contribution >= 4 is 11.7 Å². The summed E-state index contributed by atoms with van der Waals surface area (Å²) in [5.41, 5.74) is 3.04. The van der Waals surface area contributed by atoms with Gasteiger partial charge < -0.3 is 9.64 Å². The van der Waals surface area contributed by atoms with Crippen LogP contribution in [0.25, 0.3) is 0 Å². The quantitative estimate of drug-likeness (QED) is 0.743. The maximum atomic E-state index is 12.5. The third-order valence-electron chi connectivity index (χ3n) is 3.60. The van der Waals surface area contributed by atoms with Crippen molar-refractivity contribution in [3.63, 3.8) is 0 Å². The molecule has 0 saturated carbocycles. The normalized spacial score (nSPS) is 13.3. The van der Waals surface area contributed by atoms with Crippen molar-refractivity contribution in [3.05, 3.63) is 59.7 Å². The third-order valence-corrected chi connectivity index (χ3v) is 3.60. The Morgan fingerprint density at radius 1 is 1.05 bits per heavy atom. The molecule has 1 aliphatic heterocycles. The average molecular weight is 282 g/mol. The summed E-state index contributed by atoms with van der Waals surface area (Å²) in [6.07, 6.45) is 0. The monoisotopic (exact) mass is 282 g/mol. The van der Waals surface area contributed by atoms with Crippen LogP contribution in [0.15, 0.2) is 48.5 Å². The van der Waals surface area contributed by atoms with Gasteiger partial charge in [0.05, 0.1) is 12.2 Å². The molecule has 21 heavy (non-hydrogen) atoms. The molecular weight excluding hydrogens is 264 g/mol. The zero-order chi connectivity index (χ0) is 14.8. The molecule has 108 valence electrons. The minimum absolute atomic E-state index is 0.0530. The minimum atomic E-state index is -0.0530. The van der Waals surface area contributed by atoms with Crippen LogP contribution in [0.1, 0.15) is 11.1 Å². The molecule has 4 heteroatoms. The lowest BCUT2D eigenvalue weighted by Gasteiger charge is -2.30. The van der Waals surface area contributed by atoms with Crippen LogP contribution in [-0.4, -0.2) is 25.0 Å². The number of benzene rings is 2. The van der Waals surface area contributed by atoms with Crippen LogP contribution in [-0.2, 0) is 13.2 Å². The molecule has 2 aromatic carbocycles. The Bertz CT molecular complexity index is 667. The lowest BCUT2D eigenvalue weighted by atomic mass is 10.1. The van der Waals surface area contributed by atoms with Crippen molar-refractivity contribution < 1.29 is 9.53 Å². The number of urea groups is 1. The molecule has 1 heterocycles. The summed E-state index contributed by atoms with van der Waals surface area (Å²) < 4.78 is 5.90. The average Bonchev–Trinajstić information content (AvgIpc) is 2.49. The van der Waals surface area contributed by atoms with Gasteiger partial charge in [0.15, 0.2) is 0 Å². The molecular formula is C17H18N2O2. The number of rotatable bonds is 0. The van der Waals surface area contributed by atoms with Gasteiger partial charge in [0.2, 0.25) is 0 Å². The SMILES string of the molecule is CN(C)C(=O)N1Cc2ccccc2COc2ccccc21. The fourth-order valence-electron chi connectivity index (χ4n) is 2.48. The maximum Gasteiger partial charge on any atom is 0.324 e. The highest BCUT2D eigenvalue weighted by Gasteiger charge is 2.24. The van der Waals surface area contributed by atoms with Gasteiger partial charge in [-0.25, -0.2) is 4.79 Å². The number of carbonyl (C=O) groups is 1. The van der Waals surface area contributed by atoms with E-state index in [1.807, 2.05) is 48.5 Å². The summed E-state index contributed by atoms with van der Waals surface area (Å²) in [4.78, 5) is 15.9. The standard InChI is InChI=1S/C17H18N2O2/c1-18(2)17(20)19-11-13-7-3-4-8-14(13)12-21-16-10-6-5-9-15(16)19/h3-10H,11-12H2,1-2H3. The van der Waals surface area contributed by atoms with Crippen molar-refractivity contribution in [1.82, 2.24) is 4.90 Å². The zero-order valence-corrected chi connectivity index (χ0v) is 12.2. The lowest BCUT2D eigenvalue weighted by Crippen LogP contribution is -2.39. The molecule has 0 radical (unpaired) electrons. The van der Waals surface area contributed by atoms with Crippen LogP contribution in [0.3, 0.4) is 0 Å². The molecule has 0 saturated heterocycles. The lowest BCUT2D eigenvalue weighted by molar-refractivity contribution is 0.222. The van der Waals surface area contributed by atoms with E-state index in [9.17, 15) is 4.79 Å². The molecule has 0 aliphatic carbocycles. The molecule has 3 rings (SSSR count). The Balaban J connectivity index is 2.08. The number of nitrogens with zero attached hydrogens (tertiary/aromatic N) is 2. The second-order valence-electron chi connectivity index (χ2n) is 5.29. The van der Waals surface area contributed by atoms with E-state index < -0.39 is 0 Å². The van der Waals surface area contributed by atoms with Gasteiger partial charge in [0.25, 0.3) is 0 Å². The van der Waals surface area contributed by atoms with Gasteiger partial charge >= 0.3 is 6.03 Å². The summed E-state index contributed by atoms with van der Waals surface area (Å²) in [6, 6.07) is 15.7. The molecule has 4 nitrogen and oxygen atoms in total. The fraction of sp³-hybridized carbons (Fsp3) is 0.235. The molecule has 2 amide bonds. The second kappa shape index (κ2) is 5.48. The van der Waals surface area contributed by atoms with E-state index in [0.717, 1.165) is 22.6 Å². The van der Waals surface area contributed by atoms with Crippen LogP contribution in [0.4, 0.5) is 10.5 Å². The highest BCUT2D eigenvalue weighted by atomic mass is 16.5. The Morgan fingerprint density at radius 3 is 2.48 bits per heavy atom. The van der Waals surface area contributed by atoms with E-state index >= 15 is 0 Å². The van der Waals surface area contributed by atoms with E-state index in [1.54, 1.807) is 23.9 Å². The highest BCUT2D eigenvalue weighted by Crippen LogP contribution is 2.33. The first-order chi connectivity index (χ1) is 10.2. The van der Waals surface area contributed by atoms with Crippen molar-refractivity contribution in [1.29, 1.82) is 0 Å². The number of ether oxygens (including phenoxy) is 1. The van der Waals surface area contributed by atoms with E-state index in [2.05, 4.69) is 0 Å². The Labute approximate surface area is 124 Å². The number of amides is 2. The van der Waals surface area contributed by atoms with Gasteiger partial charge in [-0.1, -0.05) is 36.4 Å². The van der Waals surface area contributed by atoms with E-state index in [4.69, 9.17) is 4.74 Å². The van der Waals surface area contributed by atoms with Gasteiger partial charge in [0, 0.05) is 14.1 Å². The molecule has 0 fully saturated rings. The van der Waals surface area contributed by atoms with Gasteiger partial charge in [-0.05, 0) is 23.3 Å². The summed E-state index contributed by atoms with van der Waals surface area (Å²) in [7, 11) is 3.52. The maximum absolute atomic E-state index is 12.5. The van der Waals surface area contributed by atoms with Gasteiger partial charge in [-0.2, -0.15) is 0 Å². The first-order valence-corrected chi connectivity index (χ1v) is 6.94. The number of para-hydroxylation sites is 2. The van der Waals surface area contributed by atoms with Gasteiger partial charge in [-0.3, -0.25) is 4.90 Å². The summed E-state index contributed by atoms with van der Waals surface area (Å²) in [5, 5.41) is 0. The van der Waals surface area contributed by atoms with E-state index in [-0.39, 0.29) is 6.03 Å². The molecule has 0 bridgehead atoms. The number of hydrogen-bond donors (Lipinski definition) is 0. The number of anilines is 1. The zero-order valence-electron chi connectivity index (χ0n) is 12.2. The number of hydrogen-bond acceptors (Lipinski definition) is 2. The van der Waals surface area contributed by atoms with Crippen LogP contribution in [0.5, 0.6) is 5.75 Å². The summed E-state index contributed by atoms with van der Waals surface area (Å²) in [5.74, 6) is 0.738. The predicted octanol–water partition coefficient (Wildman–Crippen LogP) is 3.27. The second-order valence-corrected chi connectivity index (χ2v) is 5.29. The summed E-state index contributed by atoms with van der Waals surface area (Å²) >= 11 is 0. The van der Waals surface area contributed by atoms with Crippen molar-refractivity contribution in [2.24, 2.45) is 0 Å². The van der Waals surface area contributed by atoms with Crippen LogP contribution in [0, 0.1) is 0 Å². The molecule has 0 aromatic heterocycles. The molecule has 0 spiro atoms. The van der Waals surface area contributed by atoms with Gasteiger partial charge in [-0.15, -0.1) is 0 Å². The highest BCUT2D eigenvalue weighted by molar-refractivity contribution is 5.93. The predicted molar refractivity (Wildman–Crippen MR) is 82.5 cm³/mol. The summed E-state index contributed by atoms with van der Waals surface area (Å²) in [6.45, 7) is 1.07. The van der Waals surface area contributed by atoms with Crippen LogP contribution >= 0.6 is 0 Å². The van der Waals surface area contributed by atoms with Crippen LogP contribution < -0.4 is 9.64 Å². The Hall–Kier alpha value is -2.49. The number of carbonyl (C=O) groups excluding carboxylic acids is 1. The first kappa shape index (κ1) is 13.5. The smallest absolute Gasteiger partial charge is 0.324 e. The van der Waals surface area contributed by atoms with Gasteiger partial charge in [0.1, 0.15) is 12.4 Å². The fourth-order valence-corrected chi connectivity index (χ4v) is 2.48. The molecule has 0 unspecified atom stereocenters. The van der Waals surface area contributed by atoms with E-state index in [1.165, 1.54) is 0 Å². The van der Waals surface area contributed by atoms with Crippen LogP contribution in [0.2, 0.25) is 0 Å². The van der Waals surface area contributed by atoms with Crippen molar-refractivity contribution in [3.8, 4) is 5.75 Å². The Morgan fingerprint density at radius 2 is 1.71 bits per heavy atom. The minimum Gasteiger partial charge on any atom is -0.487 e. The number of fused-ring (bicyclic) bond motifs is 2. The Kier molecular flexibility index (Phi) is 3.52. The van der Waals surface area contributed by atoms with Crippen molar-refractivity contribution in [2.75, 3.05) is 19.0 Å². The first-order valence-electron chi connectivity index (χ1n) is 6.94. The molecule has 0 atom stereocenters. The molecule has 1 aliphatic rings. The van der Waals surface area contributed by atoms with Crippen molar-refractivity contribution in [2.45, 2.75) is 13.2 Å².